The smallest absolute Gasteiger partial charge is 0.421 e. The zero-order valence-corrected chi connectivity index (χ0v) is 25.9. The molecule has 11 nitrogen and oxygen atoms in total. The zero-order valence-electron chi connectivity index (χ0n) is 25.0. The normalized spacial score (nSPS) is 18.6. The molecule has 2 heterocycles. The molecule has 1 saturated carbocycles. The minimum atomic E-state index is -4.80. The van der Waals surface area contributed by atoms with Crippen LogP contribution in [0.15, 0.2) is 36.5 Å². The Morgan fingerprint density at radius 3 is 2.44 bits per heavy atom. The molecule has 3 aromatic rings. The van der Waals surface area contributed by atoms with Crippen molar-refractivity contribution >= 4 is 36.6 Å². The number of carbonyl (C=O) groups is 1. The first kappa shape index (κ1) is 32.7. The molecule has 1 aliphatic carbocycles. The van der Waals surface area contributed by atoms with Gasteiger partial charge in [0.1, 0.15) is 17.1 Å². The van der Waals surface area contributed by atoms with Crippen molar-refractivity contribution < 1.29 is 41.8 Å². The van der Waals surface area contributed by atoms with E-state index in [9.17, 15) is 32.3 Å². The number of nitrogens with one attached hydrogen (secondary N) is 2. The summed E-state index contributed by atoms with van der Waals surface area (Å²) in [5, 5.41) is 5.59. The van der Waals surface area contributed by atoms with Crippen LogP contribution in [0.1, 0.15) is 71.1 Å². The van der Waals surface area contributed by atoms with Gasteiger partial charge in [-0.1, -0.05) is 12.1 Å². The monoisotopic (exact) mass is 649 g/mol. The SMILES string of the molecule is CCO[C@H]1CC[C@H](c2ccc(Nc3nc(Nc4ccc(CP(=O)(O)O)cc4OC)ncc3C(F)(F)F)c3c2CN(C)C3=O)CC1. The minimum Gasteiger partial charge on any atom is -0.495 e. The van der Waals surface area contributed by atoms with Gasteiger partial charge in [0.2, 0.25) is 5.95 Å². The van der Waals surface area contributed by atoms with E-state index in [2.05, 4.69) is 20.6 Å². The number of ether oxygens (including phenoxy) is 2. The van der Waals surface area contributed by atoms with E-state index in [1.54, 1.807) is 18.0 Å². The molecule has 45 heavy (non-hydrogen) atoms. The van der Waals surface area contributed by atoms with Gasteiger partial charge in [0.05, 0.1) is 36.3 Å². The van der Waals surface area contributed by atoms with Gasteiger partial charge in [-0.15, -0.1) is 0 Å². The lowest BCUT2D eigenvalue weighted by Gasteiger charge is -2.30. The second kappa shape index (κ2) is 13.0. The Morgan fingerprint density at radius 1 is 1.09 bits per heavy atom. The lowest BCUT2D eigenvalue weighted by atomic mass is 9.80. The number of amides is 1. The maximum absolute atomic E-state index is 14.1. The molecule has 2 aromatic carbocycles. The molecular formula is C30H35F3N5O6P. The number of rotatable bonds is 10. The number of aromatic nitrogens is 2. The van der Waals surface area contributed by atoms with E-state index in [4.69, 9.17) is 9.47 Å². The van der Waals surface area contributed by atoms with Gasteiger partial charge < -0.3 is 34.8 Å². The van der Waals surface area contributed by atoms with Crippen molar-refractivity contribution in [1.29, 1.82) is 0 Å². The van der Waals surface area contributed by atoms with Crippen LogP contribution in [0.5, 0.6) is 5.75 Å². The predicted molar refractivity (Wildman–Crippen MR) is 161 cm³/mol. The highest BCUT2D eigenvalue weighted by Crippen LogP contribution is 2.44. The molecule has 5 rings (SSSR count). The summed E-state index contributed by atoms with van der Waals surface area (Å²) in [7, 11) is -1.34. The van der Waals surface area contributed by atoms with Gasteiger partial charge in [-0.3, -0.25) is 9.36 Å². The predicted octanol–water partition coefficient (Wildman–Crippen LogP) is 6.32. The zero-order chi connectivity index (χ0) is 32.5. The standard InChI is InChI=1S/C30H35F3N5O6P/c1-4-44-19-8-6-18(7-9-19)20-10-12-24(26-21(20)15-38(2)28(26)39)35-27-22(30(31,32)33)14-34-29(37-27)36-23-11-5-17(13-25(23)43-3)16-45(40,41)42/h5,10-14,18-19H,4,6-9,15-16H2,1-3H3,(H2,40,41,42)(H2,34,35,36,37)/t18-,19-. The minimum absolute atomic E-state index is 0.177. The number of alkyl halides is 3. The van der Waals surface area contributed by atoms with Crippen molar-refractivity contribution in [2.75, 3.05) is 31.4 Å². The molecular weight excluding hydrogens is 614 g/mol. The van der Waals surface area contributed by atoms with E-state index in [1.807, 2.05) is 13.0 Å². The van der Waals surface area contributed by atoms with Crippen LogP contribution in [0.2, 0.25) is 0 Å². The largest absolute Gasteiger partial charge is 0.495 e. The Balaban J connectivity index is 1.47. The summed E-state index contributed by atoms with van der Waals surface area (Å²) in [5.41, 5.74) is 1.80. The second-order valence-electron chi connectivity index (χ2n) is 11.2. The Kier molecular flexibility index (Phi) is 9.41. The number of methoxy groups -OCH3 is 1. The molecule has 0 spiro atoms. The van der Waals surface area contributed by atoms with E-state index in [-0.39, 0.29) is 41.0 Å². The van der Waals surface area contributed by atoms with Crippen LogP contribution in [0.4, 0.5) is 36.3 Å². The first-order chi connectivity index (χ1) is 21.3. The highest BCUT2D eigenvalue weighted by atomic mass is 31.2. The highest BCUT2D eigenvalue weighted by Gasteiger charge is 2.37. The fraction of sp³-hybridized carbons (Fsp3) is 0.433. The molecule has 15 heteroatoms. The van der Waals surface area contributed by atoms with E-state index in [1.165, 1.54) is 25.3 Å². The Labute approximate surface area is 258 Å². The summed E-state index contributed by atoms with van der Waals surface area (Å²) in [6.07, 6.45) is -0.865. The van der Waals surface area contributed by atoms with E-state index >= 15 is 0 Å². The summed E-state index contributed by atoms with van der Waals surface area (Å²) in [5.74, 6) is -0.650. The van der Waals surface area contributed by atoms with Crippen molar-refractivity contribution in [2.45, 2.75) is 63.5 Å². The highest BCUT2D eigenvalue weighted by molar-refractivity contribution is 7.50. The number of halogens is 3. The van der Waals surface area contributed by atoms with Crippen LogP contribution in [0.3, 0.4) is 0 Å². The molecule has 242 valence electrons. The number of anilines is 4. The van der Waals surface area contributed by atoms with E-state index in [0.717, 1.165) is 36.8 Å². The third-order valence-corrected chi connectivity index (χ3v) is 8.85. The van der Waals surface area contributed by atoms with Crippen LogP contribution in [0, 0.1) is 0 Å². The average Bonchev–Trinajstić information content (AvgIpc) is 3.27. The van der Waals surface area contributed by atoms with Crippen molar-refractivity contribution in [3.63, 3.8) is 0 Å². The summed E-state index contributed by atoms with van der Waals surface area (Å²) in [4.78, 5) is 41.4. The van der Waals surface area contributed by atoms with Crippen molar-refractivity contribution in [2.24, 2.45) is 0 Å². The van der Waals surface area contributed by atoms with Gasteiger partial charge in [0, 0.05) is 26.4 Å². The van der Waals surface area contributed by atoms with Crippen molar-refractivity contribution in [3.05, 3.63) is 64.3 Å². The fourth-order valence-electron chi connectivity index (χ4n) is 6.01. The first-order valence-electron chi connectivity index (χ1n) is 14.5. The molecule has 0 atom stereocenters. The van der Waals surface area contributed by atoms with Crippen LogP contribution in [0.25, 0.3) is 0 Å². The Bertz CT molecular complexity index is 1620. The molecule has 0 bridgehead atoms. The first-order valence-corrected chi connectivity index (χ1v) is 16.3. The van der Waals surface area contributed by atoms with Gasteiger partial charge >= 0.3 is 13.8 Å². The van der Waals surface area contributed by atoms with Crippen LogP contribution in [-0.2, 0) is 28.2 Å². The molecule has 4 N–H and O–H groups in total. The van der Waals surface area contributed by atoms with Gasteiger partial charge in [0.15, 0.2) is 0 Å². The third kappa shape index (κ3) is 7.41. The quantitative estimate of drug-likeness (QED) is 0.184. The van der Waals surface area contributed by atoms with Crippen LogP contribution >= 0.6 is 7.60 Å². The molecule has 0 unspecified atom stereocenters. The topological polar surface area (TPSA) is 146 Å². The Morgan fingerprint density at radius 2 is 1.80 bits per heavy atom. The number of benzene rings is 2. The molecule has 2 aliphatic rings. The molecule has 1 aliphatic heterocycles. The lowest BCUT2D eigenvalue weighted by molar-refractivity contribution is -0.137. The lowest BCUT2D eigenvalue weighted by Crippen LogP contribution is -2.21. The van der Waals surface area contributed by atoms with Gasteiger partial charge in [0.25, 0.3) is 5.91 Å². The summed E-state index contributed by atoms with van der Waals surface area (Å²) < 4.78 is 64.8. The van der Waals surface area contributed by atoms with E-state index < -0.39 is 31.3 Å². The summed E-state index contributed by atoms with van der Waals surface area (Å²) in [6.45, 7) is 2.98. The van der Waals surface area contributed by atoms with Gasteiger partial charge in [-0.25, -0.2) is 4.98 Å². The number of hydrogen-bond donors (Lipinski definition) is 4. The van der Waals surface area contributed by atoms with Gasteiger partial charge in [-0.2, -0.15) is 18.2 Å². The van der Waals surface area contributed by atoms with E-state index in [0.29, 0.717) is 30.5 Å². The van der Waals surface area contributed by atoms with Crippen LogP contribution in [-0.4, -0.2) is 57.4 Å². The second-order valence-corrected chi connectivity index (χ2v) is 12.9. The number of carbonyl (C=O) groups excluding carboxylic acids is 1. The molecule has 1 fully saturated rings. The van der Waals surface area contributed by atoms with Crippen molar-refractivity contribution in [3.8, 4) is 5.75 Å². The number of hydrogen-bond acceptors (Lipinski definition) is 8. The molecule has 0 saturated heterocycles. The fourth-order valence-corrected chi connectivity index (χ4v) is 6.68. The Hall–Kier alpha value is -3.71. The number of nitrogens with zero attached hydrogens (tertiary/aromatic N) is 3. The molecule has 1 amide bonds. The summed E-state index contributed by atoms with van der Waals surface area (Å²) in [6, 6.07) is 7.83. The number of fused-ring (bicyclic) bond motifs is 1. The maximum Gasteiger partial charge on any atom is 0.421 e. The third-order valence-electron chi connectivity index (χ3n) is 8.07. The van der Waals surface area contributed by atoms with Crippen LogP contribution < -0.4 is 15.4 Å². The average molecular weight is 650 g/mol. The maximum atomic E-state index is 14.1. The molecule has 1 aromatic heterocycles. The van der Waals surface area contributed by atoms with Crippen molar-refractivity contribution in [1.82, 2.24) is 14.9 Å². The van der Waals surface area contributed by atoms with Gasteiger partial charge in [-0.05, 0) is 73.4 Å². The summed E-state index contributed by atoms with van der Waals surface area (Å²) >= 11 is 0. The molecule has 0 radical (unpaired) electrons.